The number of hydrogen-bond donors (Lipinski definition) is 0. The fraction of sp³-hybridized carbons (Fsp3) is 0.750. The molecule has 0 aromatic rings. The lowest BCUT2D eigenvalue weighted by molar-refractivity contribution is -0.138. The summed E-state index contributed by atoms with van der Waals surface area (Å²) < 4.78 is 10.4. The number of allylic oxidation sites excluding steroid dienone is 2. The first-order valence-corrected chi connectivity index (χ1v) is 11.5. The predicted octanol–water partition coefficient (Wildman–Crippen LogP) is 6.44. The van der Waals surface area contributed by atoms with Gasteiger partial charge in [-0.25, -0.2) is 9.59 Å². The molecular formula is C24H40O4. The Bertz CT molecular complexity index is 412. The van der Waals surface area contributed by atoms with E-state index in [2.05, 4.69) is 0 Å². The number of esters is 2. The molecule has 0 fully saturated rings. The Morgan fingerprint density at radius 1 is 0.464 bits per heavy atom. The van der Waals surface area contributed by atoms with Gasteiger partial charge in [0, 0.05) is 12.2 Å². The van der Waals surface area contributed by atoms with E-state index in [0.717, 1.165) is 64.2 Å². The van der Waals surface area contributed by atoms with Gasteiger partial charge >= 0.3 is 11.9 Å². The lowest BCUT2D eigenvalue weighted by Crippen LogP contribution is -2.03. The molecule has 1 rings (SSSR count). The topological polar surface area (TPSA) is 52.6 Å². The molecule has 0 spiro atoms. The van der Waals surface area contributed by atoms with Crippen molar-refractivity contribution in [3.8, 4) is 0 Å². The maximum atomic E-state index is 11.6. The Labute approximate surface area is 171 Å². The minimum Gasteiger partial charge on any atom is -0.463 e. The summed E-state index contributed by atoms with van der Waals surface area (Å²) in [6, 6.07) is 0. The number of carbonyl (C=O) groups is 2. The highest BCUT2D eigenvalue weighted by atomic mass is 16.5. The minimum atomic E-state index is -0.211. The third kappa shape index (κ3) is 16.6. The zero-order valence-corrected chi connectivity index (χ0v) is 17.7. The number of carbonyl (C=O) groups excluding carboxylic acids is 2. The zero-order valence-electron chi connectivity index (χ0n) is 17.7. The quantitative estimate of drug-likeness (QED) is 0.445. The molecule has 0 aromatic heterocycles. The average molecular weight is 393 g/mol. The lowest BCUT2D eigenvalue weighted by atomic mass is 10.1. The van der Waals surface area contributed by atoms with Crippen LogP contribution in [0.1, 0.15) is 103 Å². The first-order chi connectivity index (χ1) is 13.8. The van der Waals surface area contributed by atoms with Gasteiger partial charge in [-0.1, -0.05) is 76.4 Å². The molecule has 0 saturated heterocycles. The smallest absolute Gasteiger partial charge is 0.330 e. The molecule has 1 heterocycles. The molecule has 1 aliphatic rings. The van der Waals surface area contributed by atoms with E-state index >= 15 is 0 Å². The molecule has 28 heavy (non-hydrogen) atoms. The molecular weight excluding hydrogens is 352 g/mol. The number of hydrogen-bond acceptors (Lipinski definition) is 4. The van der Waals surface area contributed by atoms with Crippen LogP contribution in [0, 0.1) is 0 Å². The highest BCUT2D eigenvalue weighted by Crippen LogP contribution is 2.11. The summed E-state index contributed by atoms with van der Waals surface area (Å²) in [5.74, 6) is -0.422. The monoisotopic (exact) mass is 392 g/mol. The van der Waals surface area contributed by atoms with Crippen molar-refractivity contribution in [2.45, 2.75) is 103 Å². The van der Waals surface area contributed by atoms with Crippen molar-refractivity contribution in [2.75, 3.05) is 13.2 Å². The van der Waals surface area contributed by atoms with Gasteiger partial charge in [0.05, 0.1) is 13.2 Å². The van der Waals surface area contributed by atoms with Crippen LogP contribution in [0.5, 0.6) is 0 Å². The van der Waals surface area contributed by atoms with Gasteiger partial charge in [0.1, 0.15) is 0 Å². The predicted molar refractivity (Wildman–Crippen MR) is 114 cm³/mol. The summed E-state index contributed by atoms with van der Waals surface area (Å²) in [4.78, 5) is 23.2. The van der Waals surface area contributed by atoms with Crippen LogP contribution in [0.4, 0.5) is 0 Å². The van der Waals surface area contributed by atoms with Crippen LogP contribution in [0.25, 0.3) is 0 Å². The second kappa shape index (κ2) is 18.8. The Balaban J connectivity index is 2.22. The summed E-state index contributed by atoms with van der Waals surface area (Å²) in [5.41, 5.74) is 0. The van der Waals surface area contributed by atoms with Crippen molar-refractivity contribution in [3.05, 3.63) is 24.3 Å². The van der Waals surface area contributed by atoms with E-state index in [0.29, 0.717) is 13.2 Å². The highest BCUT2D eigenvalue weighted by molar-refractivity contribution is 5.82. The molecule has 1 aliphatic heterocycles. The van der Waals surface area contributed by atoms with E-state index in [1.165, 1.54) is 38.5 Å². The van der Waals surface area contributed by atoms with Crippen LogP contribution < -0.4 is 0 Å². The normalized spacial score (nSPS) is 23.9. The maximum absolute atomic E-state index is 11.6. The second-order valence-electron chi connectivity index (χ2n) is 7.67. The molecule has 4 heteroatoms. The third-order valence-electron chi connectivity index (χ3n) is 5.03. The van der Waals surface area contributed by atoms with E-state index in [1.54, 1.807) is 12.2 Å². The van der Waals surface area contributed by atoms with Crippen molar-refractivity contribution < 1.29 is 19.1 Å². The van der Waals surface area contributed by atoms with E-state index in [1.807, 2.05) is 12.2 Å². The van der Waals surface area contributed by atoms with Crippen LogP contribution in [-0.2, 0) is 19.1 Å². The van der Waals surface area contributed by atoms with Crippen LogP contribution in [0.15, 0.2) is 24.3 Å². The standard InChI is InChI=1S/C24H40O4/c25-23-19-15-11-7-5-3-1-2-4-6-8-12-16-20-24(26)28-22-18-14-10-9-13-17-21-27-23/h15-16,19-20H,1-14,17-18,21-22H2/b19-15-,20-16-. The van der Waals surface area contributed by atoms with E-state index in [-0.39, 0.29) is 11.9 Å². The molecule has 0 aliphatic carbocycles. The van der Waals surface area contributed by atoms with Crippen molar-refractivity contribution in [3.63, 3.8) is 0 Å². The van der Waals surface area contributed by atoms with Gasteiger partial charge in [-0.2, -0.15) is 0 Å². The Morgan fingerprint density at radius 2 is 0.786 bits per heavy atom. The van der Waals surface area contributed by atoms with Gasteiger partial charge in [-0.15, -0.1) is 0 Å². The van der Waals surface area contributed by atoms with Gasteiger partial charge in [0.2, 0.25) is 0 Å². The summed E-state index contributed by atoms with van der Waals surface area (Å²) in [6.07, 6.45) is 25.1. The summed E-state index contributed by atoms with van der Waals surface area (Å²) in [5, 5.41) is 0. The fourth-order valence-electron chi connectivity index (χ4n) is 3.30. The van der Waals surface area contributed by atoms with Gasteiger partial charge < -0.3 is 9.47 Å². The highest BCUT2D eigenvalue weighted by Gasteiger charge is 1.99. The molecule has 4 nitrogen and oxygen atoms in total. The Hall–Kier alpha value is -1.58. The zero-order chi connectivity index (χ0) is 20.1. The average Bonchev–Trinajstić information content (AvgIpc) is 2.69. The minimum absolute atomic E-state index is 0.211. The van der Waals surface area contributed by atoms with Crippen LogP contribution in [0.2, 0.25) is 0 Å². The molecule has 160 valence electrons. The van der Waals surface area contributed by atoms with Crippen LogP contribution >= 0.6 is 0 Å². The van der Waals surface area contributed by atoms with Crippen LogP contribution in [0.3, 0.4) is 0 Å². The van der Waals surface area contributed by atoms with Crippen molar-refractivity contribution in [1.29, 1.82) is 0 Å². The maximum Gasteiger partial charge on any atom is 0.330 e. The fourth-order valence-corrected chi connectivity index (χ4v) is 3.30. The Morgan fingerprint density at radius 3 is 1.18 bits per heavy atom. The van der Waals surface area contributed by atoms with Crippen molar-refractivity contribution in [2.24, 2.45) is 0 Å². The van der Waals surface area contributed by atoms with E-state index in [4.69, 9.17) is 9.47 Å². The van der Waals surface area contributed by atoms with E-state index < -0.39 is 0 Å². The van der Waals surface area contributed by atoms with Gasteiger partial charge in [-0.3, -0.25) is 0 Å². The first-order valence-electron chi connectivity index (χ1n) is 11.5. The molecule has 0 aromatic carbocycles. The van der Waals surface area contributed by atoms with Gasteiger partial charge in [-0.05, 0) is 38.5 Å². The van der Waals surface area contributed by atoms with Gasteiger partial charge in [0.25, 0.3) is 0 Å². The SMILES string of the molecule is O=C1/C=C\CCCCCCCCCC/C=C\C(=O)OCCCCCCCCO1. The Kier molecular flexibility index (Phi) is 16.4. The largest absolute Gasteiger partial charge is 0.463 e. The molecule has 0 bridgehead atoms. The van der Waals surface area contributed by atoms with E-state index in [9.17, 15) is 9.59 Å². The molecule has 0 N–H and O–H groups in total. The number of rotatable bonds is 0. The first kappa shape index (κ1) is 24.5. The van der Waals surface area contributed by atoms with Crippen molar-refractivity contribution >= 4 is 11.9 Å². The third-order valence-corrected chi connectivity index (χ3v) is 5.03. The number of cyclic esters (lactones) is 2. The second-order valence-corrected chi connectivity index (χ2v) is 7.67. The molecule has 0 saturated carbocycles. The summed E-state index contributed by atoms with van der Waals surface area (Å²) >= 11 is 0. The summed E-state index contributed by atoms with van der Waals surface area (Å²) in [6.45, 7) is 1.01. The molecule has 0 radical (unpaired) electrons. The van der Waals surface area contributed by atoms with Crippen LogP contribution in [-0.4, -0.2) is 25.2 Å². The van der Waals surface area contributed by atoms with Crippen molar-refractivity contribution in [1.82, 2.24) is 0 Å². The summed E-state index contributed by atoms with van der Waals surface area (Å²) in [7, 11) is 0. The molecule has 0 atom stereocenters. The molecule has 0 amide bonds. The van der Waals surface area contributed by atoms with Gasteiger partial charge in [0.15, 0.2) is 0 Å². The lowest BCUT2D eigenvalue weighted by Gasteiger charge is -2.04. The number of ether oxygens (including phenoxy) is 2. The molecule has 0 unspecified atom stereocenters.